The summed E-state index contributed by atoms with van der Waals surface area (Å²) in [5.41, 5.74) is -0.0611. The van der Waals surface area contributed by atoms with Gasteiger partial charge in [-0.25, -0.2) is 4.79 Å². The molecule has 2 aromatic rings. The maximum Gasteiger partial charge on any atom is 0.512 e. The largest absolute Gasteiger partial charge is 0.512 e. The SMILES string of the molecule is O=C(O)Oc1cc2c([N+](=O)[O-])cccc2s1. The van der Waals surface area contributed by atoms with Gasteiger partial charge in [-0.1, -0.05) is 17.4 Å². The van der Waals surface area contributed by atoms with E-state index in [1.807, 2.05) is 0 Å². The Morgan fingerprint density at radius 1 is 1.50 bits per heavy atom. The molecule has 82 valence electrons. The molecule has 1 aromatic carbocycles. The lowest BCUT2D eigenvalue weighted by atomic mass is 10.2. The van der Waals surface area contributed by atoms with Gasteiger partial charge in [-0.15, -0.1) is 0 Å². The lowest BCUT2D eigenvalue weighted by Crippen LogP contribution is -2.00. The second kappa shape index (κ2) is 3.78. The molecule has 0 aliphatic carbocycles. The number of nitro groups is 1. The number of non-ortho nitro benzene ring substituents is 1. The molecule has 0 spiro atoms. The van der Waals surface area contributed by atoms with E-state index in [-0.39, 0.29) is 10.8 Å². The zero-order chi connectivity index (χ0) is 11.7. The van der Waals surface area contributed by atoms with Crippen LogP contribution in [0, 0.1) is 10.1 Å². The smallest absolute Gasteiger partial charge is 0.449 e. The monoisotopic (exact) mass is 239 g/mol. The van der Waals surface area contributed by atoms with Gasteiger partial charge >= 0.3 is 6.16 Å². The van der Waals surface area contributed by atoms with E-state index in [4.69, 9.17) is 5.11 Å². The predicted molar refractivity (Wildman–Crippen MR) is 57.1 cm³/mol. The van der Waals surface area contributed by atoms with E-state index in [9.17, 15) is 14.9 Å². The Hall–Kier alpha value is -2.15. The number of hydrogen-bond acceptors (Lipinski definition) is 5. The van der Waals surface area contributed by atoms with E-state index in [2.05, 4.69) is 4.74 Å². The van der Waals surface area contributed by atoms with Crippen molar-refractivity contribution < 1.29 is 19.6 Å². The van der Waals surface area contributed by atoms with Crippen LogP contribution in [0.3, 0.4) is 0 Å². The average Bonchev–Trinajstić information content (AvgIpc) is 2.57. The van der Waals surface area contributed by atoms with Gasteiger partial charge in [0.2, 0.25) is 0 Å². The molecular weight excluding hydrogens is 234 g/mol. The summed E-state index contributed by atoms with van der Waals surface area (Å²) in [7, 11) is 0. The Morgan fingerprint density at radius 3 is 2.88 bits per heavy atom. The van der Waals surface area contributed by atoms with Crippen LogP contribution in [0.25, 0.3) is 10.1 Å². The lowest BCUT2D eigenvalue weighted by molar-refractivity contribution is -0.383. The van der Waals surface area contributed by atoms with Crippen LogP contribution in [0.1, 0.15) is 0 Å². The molecule has 0 aliphatic heterocycles. The molecule has 0 unspecified atom stereocenters. The molecule has 0 saturated heterocycles. The first-order chi connectivity index (χ1) is 7.58. The lowest BCUT2D eigenvalue weighted by Gasteiger charge is -1.91. The quantitative estimate of drug-likeness (QED) is 0.494. The highest BCUT2D eigenvalue weighted by molar-refractivity contribution is 7.20. The number of rotatable bonds is 2. The van der Waals surface area contributed by atoms with Crippen LogP contribution in [0.15, 0.2) is 24.3 Å². The highest BCUT2D eigenvalue weighted by Gasteiger charge is 2.15. The fraction of sp³-hybridized carbons (Fsp3) is 0. The number of ether oxygens (including phenoxy) is 1. The number of carboxylic acid groups (broad SMARTS) is 1. The van der Waals surface area contributed by atoms with E-state index < -0.39 is 11.1 Å². The summed E-state index contributed by atoms with van der Waals surface area (Å²) in [4.78, 5) is 20.5. The third-order valence-corrected chi connectivity index (χ3v) is 2.88. The minimum Gasteiger partial charge on any atom is -0.449 e. The number of thiophene rings is 1. The molecule has 0 fully saturated rings. The van der Waals surface area contributed by atoms with Crippen LogP contribution in [-0.2, 0) is 0 Å². The molecule has 0 saturated carbocycles. The van der Waals surface area contributed by atoms with Crippen molar-refractivity contribution in [1.29, 1.82) is 0 Å². The Balaban J connectivity index is 2.56. The molecule has 0 bridgehead atoms. The second-order valence-corrected chi connectivity index (χ2v) is 3.93. The summed E-state index contributed by atoms with van der Waals surface area (Å²) >= 11 is 1.05. The fourth-order valence-electron chi connectivity index (χ4n) is 1.32. The average molecular weight is 239 g/mol. The summed E-state index contributed by atoms with van der Waals surface area (Å²) in [5.74, 6) is 0. The van der Waals surface area contributed by atoms with Crippen molar-refractivity contribution in [3.63, 3.8) is 0 Å². The summed E-state index contributed by atoms with van der Waals surface area (Å²) < 4.78 is 5.06. The number of nitrogens with zero attached hydrogens (tertiary/aromatic N) is 1. The van der Waals surface area contributed by atoms with Gasteiger partial charge in [-0.05, 0) is 6.07 Å². The van der Waals surface area contributed by atoms with Crippen molar-refractivity contribution in [1.82, 2.24) is 0 Å². The number of fused-ring (bicyclic) bond motifs is 1. The van der Waals surface area contributed by atoms with Crippen molar-refractivity contribution in [2.45, 2.75) is 0 Å². The summed E-state index contributed by atoms with van der Waals surface area (Å²) in [6, 6.07) is 5.93. The van der Waals surface area contributed by atoms with E-state index in [1.165, 1.54) is 12.1 Å². The Bertz CT molecular complexity index is 576. The molecule has 6 nitrogen and oxygen atoms in total. The molecule has 0 amide bonds. The molecule has 0 atom stereocenters. The topological polar surface area (TPSA) is 89.7 Å². The van der Waals surface area contributed by atoms with Crippen molar-refractivity contribution in [3.05, 3.63) is 34.4 Å². The maximum atomic E-state index is 10.7. The van der Waals surface area contributed by atoms with Crippen LogP contribution in [-0.4, -0.2) is 16.2 Å². The van der Waals surface area contributed by atoms with Gasteiger partial charge in [0.05, 0.1) is 10.3 Å². The van der Waals surface area contributed by atoms with E-state index in [1.54, 1.807) is 12.1 Å². The minimum absolute atomic E-state index is 0.0611. The standard InChI is InChI=1S/C9H5NO5S/c11-9(12)15-8-4-5-6(10(13)14)2-1-3-7(5)16-8/h1-4H,(H,11,12). The maximum absolute atomic E-state index is 10.7. The number of hydrogen-bond donors (Lipinski definition) is 1. The molecule has 0 radical (unpaired) electrons. The Labute approximate surface area is 92.8 Å². The van der Waals surface area contributed by atoms with Crippen LogP contribution in [0.4, 0.5) is 10.5 Å². The predicted octanol–water partition coefficient (Wildman–Crippen LogP) is 2.87. The van der Waals surface area contributed by atoms with Gasteiger partial charge in [-0.3, -0.25) is 10.1 Å². The highest BCUT2D eigenvalue weighted by atomic mass is 32.1. The molecule has 1 aromatic heterocycles. The third kappa shape index (κ3) is 1.80. The van der Waals surface area contributed by atoms with Crippen LogP contribution in [0.2, 0.25) is 0 Å². The first-order valence-electron chi connectivity index (χ1n) is 4.15. The number of benzene rings is 1. The van der Waals surface area contributed by atoms with Crippen LogP contribution in [0.5, 0.6) is 5.06 Å². The van der Waals surface area contributed by atoms with Crippen molar-refractivity contribution >= 4 is 33.3 Å². The molecule has 1 N–H and O–H groups in total. The first-order valence-corrected chi connectivity index (χ1v) is 4.97. The van der Waals surface area contributed by atoms with Gasteiger partial charge in [0.25, 0.3) is 5.69 Å². The zero-order valence-corrected chi connectivity index (χ0v) is 8.56. The van der Waals surface area contributed by atoms with E-state index in [0.29, 0.717) is 10.1 Å². The molecular formula is C9H5NO5S. The Morgan fingerprint density at radius 2 is 2.25 bits per heavy atom. The minimum atomic E-state index is -1.44. The summed E-state index contributed by atoms with van der Waals surface area (Å²) in [5, 5.41) is 19.6. The van der Waals surface area contributed by atoms with Gasteiger partial charge in [0.1, 0.15) is 0 Å². The molecule has 0 aliphatic rings. The van der Waals surface area contributed by atoms with E-state index >= 15 is 0 Å². The van der Waals surface area contributed by atoms with Crippen molar-refractivity contribution in [3.8, 4) is 5.06 Å². The molecule has 7 heteroatoms. The molecule has 2 rings (SSSR count). The number of nitro benzene ring substituents is 1. The van der Waals surface area contributed by atoms with Gasteiger partial charge in [0.15, 0.2) is 5.06 Å². The summed E-state index contributed by atoms with van der Waals surface area (Å²) in [6.07, 6.45) is -1.44. The third-order valence-electron chi connectivity index (χ3n) is 1.90. The van der Waals surface area contributed by atoms with Gasteiger partial charge in [-0.2, -0.15) is 0 Å². The fourth-order valence-corrected chi connectivity index (χ4v) is 2.24. The van der Waals surface area contributed by atoms with Crippen LogP contribution >= 0.6 is 11.3 Å². The van der Waals surface area contributed by atoms with Crippen molar-refractivity contribution in [2.24, 2.45) is 0 Å². The molecule has 1 heterocycles. The highest BCUT2D eigenvalue weighted by Crippen LogP contribution is 2.36. The second-order valence-electron chi connectivity index (χ2n) is 2.88. The van der Waals surface area contributed by atoms with Crippen LogP contribution < -0.4 is 4.74 Å². The number of carbonyl (C=O) groups is 1. The summed E-state index contributed by atoms with van der Waals surface area (Å²) in [6.45, 7) is 0. The zero-order valence-electron chi connectivity index (χ0n) is 7.75. The van der Waals surface area contributed by atoms with E-state index in [0.717, 1.165) is 11.3 Å². The van der Waals surface area contributed by atoms with Gasteiger partial charge in [0, 0.05) is 16.8 Å². The first kappa shape index (κ1) is 10.4. The molecule has 16 heavy (non-hydrogen) atoms. The van der Waals surface area contributed by atoms with Gasteiger partial charge < -0.3 is 9.84 Å². The van der Waals surface area contributed by atoms with Crippen molar-refractivity contribution in [2.75, 3.05) is 0 Å². The Kier molecular flexibility index (Phi) is 2.45. The normalized spacial score (nSPS) is 10.2.